The molecule has 0 fully saturated rings. The highest BCUT2D eigenvalue weighted by Gasteiger charge is 2.09. The van der Waals surface area contributed by atoms with Gasteiger partial charge in [-0.1, -0.05) is 33.6 Å². The molecule has 7 heteroatoms. The summed E-state index contributed by atoms with van der Waals surface area (Å²) in [4.78, 5) is 23.8. The first-order chi connectivity index (χ1) is 11.5. The highest BCUT2D eigenvalue weighted by Crippen LogP contribution is 2.27. The van der Waals surface area contributed by atoms with E-state index in [1.54, 1.807) is 42.5 Å². The van der Waals surface area contributed by atoms with Crippen molar-refractivity contribution in [3.63, 3.8) is 0 Å². The lowest BCUT2D eigenvalue weighted by molar-refractivity contribution is -0.118. The van der Waals surface area contributed by atoms with E-state index >= 15 is 0 Å². The number of nitrogens with one attached hydrogen (secondary N) is 2. The Morgan fingerprint density at radius 1 is 1.21 bits per heavy atom. The first-order valence-electron chi connectivity index (χ1n) is 7.25. The summed E-state index contributed by atoms with van der Waals surface area (Å²) in [5.74, 6) is -0.111. The van der Waals surface area contributed by atoms with Crippen molar-refractivity contribution >= 4 is 45.0 Å². The van der Waals surface area contributed by atoms with E-state index in [4.69, 9.17) is 16.3 Å². The Bertz CT molecular complexity index is 752. The Labute approximate surface area is 153 Å². The summed E-state index contributed by atoms with van der Waals surface area (Å²) in [7, 11) is 0. The topological polar surface area (TPSA) is 67.4 Å². The van der Waals surface area contributed by atoms with Crippen LogP contribution in [0.25, 0.3) is 0 Å². The second-order valence-corrected chi connectivity index (χ2v) is 6.17. The quantitative estimate of drug-likeness (QED) is 0.758. The monoisotopic (exact) mass is 410 g/mol. The van der Waals surface area contributed by atoms with Crippen LogP contribution in [0.3, 0.4) is 0 Å². The van der Waals surface area contributed by atoms with E-state index in [1.165, 1.54) is 0 Å². The van der Waals surface area contributed by atoms with Crippen molar-refractivity contribution in [1.29, 1.82) is 0 Å². The summed E-state index contributed by atoms with van der Waals surface area (Å²) < 4.78 is 6.22. The van der Waals surface area contributed by atoms with Crippen LogP contribution >= 0.6 is 27.5 Å². The number of carbonyl (C=O) groups is 2. The molecule has 2 amide bonds. The molecule has 0 heterocycles. The lowest BCUT2D eigenvalue weighted by Gasteiger charge is -2.10. The zero-order valence-corrected chi connectivity index (χ0v) is 15.3. The number of carbonyl (C=O) groups excluding carboxylic acids is 2. The Kier molecular flexibility index (Phi) is 6.63. The standard InChI is InChI=1S/C17H16BrClN2O3/c1-2-20-17(23)11-4-3-5-13(8-11)21-16(22)10-24-15-7-6-12(18)9-14(15)19/h3-9H,2,10H2,1H3,(H,20,23)(H,21,22). The van der Waals surface area contributed by atoms with E-state index in [0.29, 0.717) is 28.6 Å². The Morgan fingerprint density at radius 3 is 2.71 bits per heavy atom. The molecule has 126 valence electrons. The molecule has 0 aliphatic carbocycles. The third kappa shape index (κ3) is 5.25. The lowest BCUT2D eigenvalue weighted by Crippen LogP contribution is -2.23. The molecule has 2 N–H and O–H groups in total. The van der Waals surface area contributed by atoms with Gasteiger partial charge in [0.15, 0.2) is 6.61 Å². The molecule has 2 rings (SSSR count). The molecule has 0 atom stereocenters. The molecule has 0 aromatic heterocycles. The summed E-state index contributed by atoms with van der Waals surface area (Å²) in [6.07, 6.45) is 0. The van der Waals surface area contributed by atoms with Gasteiger partial charge in [-0.05, 0) is 43.3 Å². The van der Waals surface area contributed by atoms with Gasteiger partial charge in [-0.15, -0.1) is 0 Å². The molecule has 0 unspecified atom stereocenters. The molecular weight excluding hydrogens is 396 g/mol. The van der Waals surface area contributed by atoms with Crippen molar-refractivity contribution < 1.29 is 14.3 Å². The molecule has 2 aromatic carbocycles. The van der Waals surface area contributed by atoms with Crippen LogP contribution in [0.5, 0.6) is 5.75 Å². The molecule has 0 radical (unpaired) electrons. The van der Waals surface area contributed by atoms with Crippen LogP contribution in [0.15, 0.2) is 46.9 Å². The van der Waals surface area contributed by atoms with Crippen molar-refractivity contribution in [2.24, 2.45) is 0 Å². The minimum Gasteiger partial charge on any atom is -0.482 e. The van der Waals surface area contributed by atoms with E-state index in [9.17, 15) is 9.59 Å². The van der Waals surface area contributed by atoms with Crippen molar-refractivity contribution in [3.8, 4) is 5.75 Å². The van der Waals surface area contributed by atoms with Crippen LogP contribution in [-0.2, 0) is 4.79 Å². The van der Waals surface area contributed by atoms with Crippen molar-refractivity contribution in [2.75, 3.05) is 18.5 Å². The average molecular weight is 412 g/mol. The number of hydrogen-bond acceptors (Lipinski definition) is 3. The molecule has 0 saturated carbocycles. The number of rotatable bonds is 6. The molecule has 0 aliphatic heterocycles. The van der Waals surface area contributed by atoms with E-state index in [2.05, 4.69) is 26.6 Å². The Balaban J connectivity index is 1.95. The van der Waals surface area contributed by atoms with E-state index in [1.807, 2.05) is 6.92 Å². The van der Waals surface area contributed by atoms with Gasteiger partial charge in [-0.3, -0.25) is 9.59 Å². The number of ether oxygens (including phenoxy) is 1. The van der Waals surface area contributed by atoms with Gasteiger partial charge in [0.25, 0.3) is 11.8 Å². The summed E-state index contributed by atoms with van der Waals surface area (Å²) in [5, 5.41) is 5.80. The molecule has 0 saturated heterocycles. The zero-order valence-electron chi connectivity index (χ0n) is 12.9. The summed E-state index contributed by atoms with van der Waals surface area (Å²) >= 11 is 9.33. The molecule has 0 aliphatic rings. The van der Waals surface area contributed by atoms with Crippen molar-refractivity contribution in [1.82, 2.24) is 5.32 Å². The van der Waals surface area contributed by atoms with Gasteiger partial charge >= 0.3 is 0 Å². The van der Waals surface area contributed by atoms with Gasteiger partial charge in [0.05, 0.1) is 5.02 Å². The fraction of sp³-hybridized carbons (Fsp3) is 0.176. The van der Waals surface area contributed by atoms with E-state index < -0.39 is 0 Å². The zero-order chi connectivity index (χ0) is 17.5. The fourth-order valence-electron chi connectivity index (χ4n) is 1.93. The molecule has 0 bridgehead atoms. The van der Waals surface area contributed by atoms with Crippen LogP contribution in [0.4, 0.5) is 5.69 Å². The van der Waals surface area contributed by atoms with Gasteiger partial charge in [0.1, 0.15) is 5.75 Å². The largest absolute Gasteiger partial charge is 0.482 e. The highest BCUT2D eigenvalue weighted by molar-refractivity contribution is 9.10. The smallest absolute Gasteiger partial charge is 0.262 e. The van der Waals surface area contributed by atoms with Crippen LogP contribution in [0.1, 0.15) is 17.3 Å². The van der Waals surface area contributed by atoms with Crippen LogP contribution in [0.2, 0.25) is 5.02 Å². The second kappa shape index (κ2) is 8.70. The highest BCUT2D eigenvalue weighted by atomic mass is 79.9. The van der Waals surface area contributed by atoms with E-state index in [-0.39, 0.29) is 18.4 Å². The van der Waals surface area contributed by atoms with Gasteiger partial charge in [-0.25, -0.2) is 0 Å². The Morgan fingerprint density at radius 2 is 2.00 bits per heavy atom. The van der Waals surface area contributed by atoms with Gasteiger partial charge < -0.3 is 15.4 Å². The van der Waals surface area contributed by atoms with Gasteiger partial charge in [-0.2, -0.15) is 0 Å². The molecular formula is C17H16BrClN2O3. The fourth-order valence-corrected chi connectivity index (χ4v) is 2.66. The van der Waals surface area contributed by atoms with Crippen LogP contribution in [0, 0.1) is 0 Å². The molecule has 24 heavy (non-hydrogen) atoms. The first-order valence-corrected chi connectivity index (χ1v) is 8.42. The number of benzene rings is 2. The third-order valence-corrected chi connectivity index (χ3v) is 3.79. The minimum atomic E-state index is -0.345. The predicted molar refractivity (Wildman–Crippen MR) is 97.7 cm³/mol. The van der Waals surface area contributed by atoms with Gasteiger partial charge in [0.2, 0.25) is 0 Å². The predicted octanol–water partition coefficient (Wildman–Crippen LogP) is 3.87. The normalized spacial score (nSPS) is 10.1. The first kappa shape index (κ1) is 18.3. The van der Waals surface area contributed by atoms with E-state index in [0.717, 1.165) is 4.47 Å². The summed E-state index contributed by atoms with van der Waals surface area (Å²) in [5.41, 5.74) is 1.00. The second-order valence-electron chi connectivity index (χ2n) is 4.85. The lowest BCUT2D eigenvalue weighted by atomic mass is 10.2. The molecule has 5 nitrogen and oxygen atoms in total. The number of hydrogen-bond donors (Lipinski definition) is 2. The SMILES string of the molecule is CCNC(=O)c1cccc(NC(=O)COc2ccc(Br)cc2Cl)c1. The van der Waals surface area contributed by atoms with Gasteiger partial charge in [0, 0.05) is 22.3 Å². The number of anilines is 1. The minimum absolute atomic E-state index is 0.188. The maximum atomic E-state index is 12.0. The third-order valence-electron chi connectivity index (χ3n) is 3.00. The molecule has 0 spiro atoms. The van der Waals surface area contributed by atoms with Crippen LogP contribution < -0.4 is 15.4 Å². The summed E-state index contributed by atoms with van der Waals surface area (Å²) in [6, 6.07) is 11.8. The number of amides is 2. The molecule has 2 aromatic rings. The maximum absolute atomic E-state index is 12.0. The maximum Gasteiger partial charge on any atom is 0.262 e. The van der Waals surface area contributed by atoms with Crippen LogP contribution in [-0.4, -0.2) is 25.0 Å². The number of halogens is 2. The van der Waals surface area contributed by atoms with Crippen molar-refractivity contribution in [2.45, 2.75) is 6.92 Å². The van der Waals surface area contributed by atoms with Crippen molar-refractivity contribution in [3.05, 3.63) is 57.5 Å². The average Bonchev–Trinajstić information content (AvgIpc) is 2.54. The Hall–Kier alpha value is -2.05. The summed E-state index contributed by atoms with van der Waals surface area (Å²) in [6.45, 7) is 2.19.